The summed E-state index contributed by atoms with van der Waals surface area (Å²) in [6, 6.07) is 14.5. The van der Waals surface area contributed by atoms with Crippen LogP contribution >= 0.6 is 11.6 Å². The topological polar surface area (TPSA) is 74.0 Å². The number of amides is 1. The van der Waals surface area contributed by atoms with Crippen LogP contribution in [0, 0.1) is 0 Å². The number of aliphatic hydroxyl groups is 1. The summed E-state index contributed by atoms with van der Waals surface area (Å²) >= 11 is 6.03. The van der Waals surface area contributed by atoms with Gasteiger partial charge >= 0.3 is 0 Å². The number of aryl methyl sites for hydroxylation is 1. The average Bonchev–Trinajstić information content (AvgIpc) is 2.63. The number of hydrogen-bond acceptors (Lipinski definition) is 4. The molecule has 2 aromatic rings. The molecule has 0 fully saturated rings. The lowest BCUT2D eigenvalue weighted by Gasteiger charge is -2.07. The highest BCUT2D eigenvalue weighted by Crippen LogP contribution is 2.22. The molecule has 0 heterocycles. The Hall–Kier alpha value is -2.66. The van der Waals surface area contributed by atoms with Crippen LogP contribution in [0.25, 0.3) is 0 Å². The molecule has 6 heteroatoms. The minimum atomic E-state index is -0.582. The summed E-state index contributed by atoms with van der Waals surface area (Å²) in [6.45, 7) is 3.54. The minimum Gasteiger partial charge on any atom is -0.510 e. The number of carbonyl (C=O) groups excluding carboxylic acids is 1. The molecule has 0 aliphatic rings. The Balaban J connectivity index is 2.10. The smallest absolute Gasteiger partial charge is 0.279 e. The maximum absolute atomic E-state index is 12.4. The highest BCUT2D eigenvalue weighted by atomic mass is 35.5. The number of aliphatic hydroxyl groups excluding tert-OH is 1. The second-order valence-corrected chi connectivity index (χ2v) is 6.25. The van der Waals surface area contributed by atoms with Crippen molar-refractivity contribution in [2.75, 3.05) is 5.32 Å². The number of rotatable bonds is 7. The third-order valence-corrected chi connectivity index (χ3v) is 4.03. The quantitative estimate of drug-likeness (QED) is 0.345. The summed E-state index contributed by atoms with van der Waals surface area (Å²) in [4.78, 5) is 12.4. The standard InChI is InChI=1S/C20H22ClN3O2/c1-3-4-7-15-10-12-16(13-11-15)23-24-19(14(2)25)20(26)22-18-9-6-5-8-17(18)21/h5-6,8-13,25H,3-4,7H2,1-2H3,(H,22,26)/b19-14-,24-23?. The molecule has 2 N–H and O–H groups in total. The van der Waals surface area contributed by atoms with Gasteiger partial charge in [-0.25, -0.2) is 0 Å². The van der Waals surface area contributed by atoms with Gasteiger partial charge in [0.2, 0.25) is 0 Å². The van der Waals surface area contributed by atoms with Crippen LogP contribution in [0.4, 0.5) is 11.4 Å². The molecule has 2 rings (SSSR count). The van der Waals surface area contributed by atoms with Gasteiger partial charge in [0.05, 0.1) is 16.4 Å². The predicted molar refractivity (Wildman–Crippen MR) is 105 cm³/mol. The molecule has 0 aliphatic carbocycles. The van der Waals surface area contributed by atoms with E-state index < -0.39 is 5.91 Å². The second kappa shape index (κ2) is 9.73. The van der Waals surface area contributed by atoms with Crippen molar-refractivity contribution < 1.29 is 9.90 Å². The molecular weight excluding hydrogens is 350 g/mol. The molecule has 0 atom stereocenters. The summed E-state index contributed by atoms with van der Waals surface area (Å²) in [5, 5.41) is 20.8. The van der Waals surface area contributed by atoms with Gasteiger partial charge in [-0.1, -0.05) is 49.2 Å². The Morgan fingerprint density at radius 3 is 2.46 bits per heavy atom. The number of benzene rings is 2. The number of unbranched alkanes of at least 4 members (excludes halogenated alkanes) is 1. The molecule has 0 saturated carbocycles. The van der Waals surface area contributed by atoms with Gasteiger partial charge in [0.1, 0.15) is 5.76 Å². The van der Waals surface area contributed by atoms with Crippen LogP contribution in [0.5, 0.6) is 0 Å². The van der Waals surface area contributed by atoms with Gasteiger partial charge in [-0.3, -0.25) is 4.79 Å². The van der Waals surface area contributed by atoms with Crippen molar-refractivity contribution in [3.05, 3.63) is 70.6 Å². The summed E-state index contributed by atoms with van der Waals surface area (Å²) in [5.41, 5.74) is 2.11. The maximum Gasteiger partial charge on any atom is 0.279 e. The highest BCUT2D eigenvalue weighted by Gasteiger charge is 2.14. The summed E-state index contributed by atoms with van der Waals surface area (Å²) in [5.74, 6) is -0.806. The molecule has 1 amide bonds. The van der Waals surface area contributed by atoms with Gasteiger partial charge < -0.3 is 10.4 Å². The SMILES string of the molecule is CCCCc1ccc(N=N/C(C(=O)Nc2ccccc2Cl)=C(/C)O)cc1. The average molecular weight is 372 g/mol. The van der Waals surface area contributed by atoms with Crippen molar-refractivity contribution in [3.8, 4) is 0 Å². The zero-order valence-corrected chi connectivity index (χ0v) is 15.6. The van der Waals surface area contributed by atoms with E-state index in [2.05, 4.69) is 22.5 Å². The zero-order valence-electron chi connectivity index (χ0n) is 14.9. The van der Waals surface area contributed by atoms with Crippen LogP contribution in [-0.2, 0) is 11.2 Å². The van der Waals surface area contributed by atoms with Crippen LogP contribution in [-0.4, -0.2) is 11.0 Å². The molecule has 0 aliphatic heterocycles. The lowest BCUT2D eigenvalue weighted by Crippen LogP contribution is -2.14. The summed E-state index contributed by atoms with van der Waals surface area (Å²) in [7, 11) is 0. The van der Waals surface area contributed by atoms with E-state index >= 15 is 0 Å². The Morgan fingerprint density at radius 2 is 1.85 bits per heavy atom. The molecule has 0 spiro atoms. The highest BCUT2D eigenvalue weighted by molar-refractivity contribution is 6.33. The Morgan fingerprint density at radius 1 is 1.15 bits per heavy atom. The first-order valence-electron chi connectivity index (χ1n) is 8.47. The molecule has 0 radical (unpaired) electrons. The first-order valence-corrected chi connectivity index (χ1v) is 8.85. The first kappa shape index (κ1) is 19.7. The summed E-state index contributed by atoms with van der Waals surface area (Å²) < 4.78 is 0. The van der Waals surface area contributed by atoms with E-state index in [0.29, 0.717) is 16.4 Å². The Bertz CT molecular complexity index is 810. The number of allylic oxidation sites excluding steroid dienone is 1. The van der Waals surface area contributed by atoms with Gasteiger partial charge in [0.15, 0.2) is 5.70 Å². The van der Waals surface area contributed by atoms with Crippen molar-refractivity contribution in [1.82, 2.24) is 0 Å². The second-order valence-electron chi connectivity index (χ2n) is 5.84. The third kappa shape index (κ3) is 5.70. The van der Waals surface area contributed by atoms with Crippen molar-refractivity contribution in [2.24, 2.45) is 10.2 Å². The van der Waals surface area contributed by atoms with Gasteiger partial charge in [-0.2, -0.15) is 5.11 Å². The van der Waals surface area contributed by atoms with Crippen LogP contribution in [0.1, 0.15) is 32.3 Å². The molecule has 136 valence electrons. The number of nitrogens with one attached hydrogen (secondary N) is 1. The molecule has 0 unspecified atom stereocenters. The van der Waals surface area contributed by atoms with E-state index in [1.54, 1.807) is 24.3 Å². The number of halogens is 1. The van der Waals surface area contributed by atoms with E-state index in [-0.39, 0.29) is 11.5 Å². The van der Waals surface area contributed by atoms with E-state index in [9.17, 15) is 9.90 Å². The predicted octanol–water partition coefficient (Wildman–Crippen LogP) is 6.19. The van der Waals surface area contributed by atoms with Crippen LogP contribution in [0.2, 0.25) is 5.02 Å². The van der Waals surface area contributed by atoms with Crippen molar-refractivity contribution in [3.63, 3.8) is 0 Å². The molecule has 2 aromatic carbocycles. The summed E-state index contributed by atoms with van der Waals surface area (Å²) in [6.07, 6.45) is 3.31. The fourth-order valence-corrected chi connectivity index (χ4v) is 2.43. The lowest BCUT2D eigenvalue weighted by atomic mass is 10.1. The molecule has 0 bridgehead atoms. The zero-order chi connectivity index (χ0) is 18.9. The van der Waals surface area contributed by atoms with Gasteiger partial charge in [-0.05, 0) is 49.6 Å². The van der Waals surface area contributed by atoms with E-state index in [0.717, 1.165) is 19.3 Å². The molecule has 26 heavy (non-hydrogen) atoms. The number of anilines is 1. The van der Waals surface area contributed by atoms with Gasteiger partial charge in [0, 0.05) is 0 Å². The molecule has 0 saturated heterocycles. The number of hydrogen-bond donors (Lipinski definition) is 2. The van der Waals surface area contributed by atoms with Gasteiger partial charge in [-0.15, -0.1) is 5.11 Å². The Labute approximate surface area is 158 Å². The molecule has 0 aromatic heterocycles. The van der Waals surface area contributed by atoms with E-state index in [1.165, 1.54) is 12.5 Å². The monoisotopic (exact) mass is 371 g/mol. The number of para-hydroxylation sites is 1. The fraction of sp³-hybridized carbons (Fsp3) is 0.250. The van der Waals surface area contributed by atoms with E-state index in [1.807, 2.05) is 24.3 Å². The van der Waals surface area contributed by atoms with Crippen LogP contribution < -0.4 is 5.32 Å². The Kier molecular flexibility index (Phi) is 7.36. The molecule has 5 nitrogen and oxygen atoms in total. The van der Waals surface area contributed by atoms with Crippen molar-refractivity contribution >= 4 is 28.9 Å². The van der Waals surface area contributed by atoms with Gasteiger partial charge in [0.25, 0.3) is 5.91 Å². The van der Waals surface area contributed by atoms with E-state index in [4.69, 9.17) is 11.6 Å². The normalized spacial score (nSPS) is 12.1. The molecular formula is C20H22ClN3O2. The minimum absolute atomic E-state index is 0.167. The largest absolute Gasteiger partial charge is 0.510 e. The number of carbonyl (C=O) groups is 1. The van der Waals surface area contributed by atoms with Crippen LogP contribution in [0.3, 0.4) is 0 Å². The number of nitrogens with zero attached hydrogens (tertiary/aromatic N) is 2. The van der Waals surface area contributed by atoms with Crippen LogP contribution in [0.15, 0.2) is 70.2 Å². The fourth-order valence-electron chi connectivity index (χ4n) is 2.24. The number of azo groups is 1. The van der Waals surface area contributed by atoms with Crippen molar-refractivity contribution in [2.45, 2.75) is 33.1 Å². The third-order valence-electron chi connectivity index (χ3n) is 3.70. The van der Waals surface area contributed by atoms with Crippen molar-refractivity contribution in [1.29, 1.82) is 0 Å². The first-order chi connectivity index (χ1) is 12.5. The maximum atomic E-state index is 12.4. The lowest BCUT2D eigenvalue weighted by molar-refractivity contribution is -0.113.